The van der Waals surface area contributed by atoms with Gasteiger partial charge in [0.15, 0.2) is 11.5 Å². The highest BCUT2D eigenvalue weighted by molar-refractivity contribution is 6.22. The molecule has 1 aliphatic heterocycles. The highest BCUT2D eigenvalue weighted by Gasteiger charge is 2.33. The molecule has 0 atom stereocenters. The molecule has 0 radical (unpaired) electrons. The number of hydrogen-bond donors (Lipinski definition) is 1. The Morgan fingerprint density at radius 1 is 1.13 bits per heavy atom. The third kappa shape index (κ3) is 2.94. The van der Waals surface area contributed by atoms with Gasteiger partial charge in [-0.15, -0.1) is 15.0 Å². The lowest BCUT2D eigenvalue weighted by atomic mass is 10.1. The van der Waals surface area contributed by atoms with Crippen LogP contribution in [0.2, 0.25) is 0 Å². The largest absolute Gasteiger partial charge is 0.503 e. The van der Waals surface area contributed by atoms with Crippen LogP contribution in [0.3, 0.4) is 0 Å². The van der Waals surface area contributed by atoms with Gasteiger partial charge in [0, 0.05) is 13.1 Å². The van der Waals surface area contributed by atoms with Gasteiger partial charge in [0.05, 0.1) is 18.2 Å². The van der Waals surface area contributed by atoms with Crippen LogP contribution in [0.4, 0.5) is 0 Å². The number of aromatic nitrogens is 3. The van der Waals surface area contributed by atoms with Crippen molar-refractivity contribution in [3.05, 3.63) is 53.6 Å². The number of ether oxygens (including phenoxy) is 2. The molecule has 1 aliphatic rings. The summed E-state index contributed by atoms with van der Waals surface area (Å²) in [6.07, 6.45) is 1.04. The molecule has 0 saturated heterocycles. The summed E-state index contributed by atoms with van der Waals surface area (Å²) < 4.78 is 10.2. The summed E-state index contributed by atoms with van der Waals surface area (Å²) >= 11 is 0. The maximum atomic E-state index is 12.2. The normalized spacial score (nSPS) is 12.9. The van der Waals surface area contributed by atoms with E-state index in [0.717, 1.165) is 15.8 Å². The van der Waals surface area contributed by atoms with Crippen molar-refractivity contribution in [1.29, 1.82) is 0 Å². The number of amides is 2. The van der Waals surface area contributed by atoms with Crippen LogP contribution < -0.4 is 4.74 Å². The third-order valence-corrected chi connectivity index (χ3v) is 4.69. The fourth-order valence-corrected chi connectivity index (χ4v) is 3.13. The van der Waals surface area contributed by atoms with Crippen molar-refractivity contribution in [3.8, 4) is 17.2 Å². The molecule has 2 heterocycles. The second-order valence-corrected chi connectivity index (χ2v) is 6.52. The molecule has 2 aromatic carbocycles. The second kappa shape index (κ2) is 6.99. The van der Waals surface area contributed by atoms with Gasteiger partial charge in [0.1, 0.15) is 23.3 Å². The number of esters is 1. The minimum absolute atomic E-state index is 0.0844. The molecule has 2 amide bonds. The summed E-state index contributed by atoms with van der Waals surface area (Å²) in [5, 5.41) is 19.2. The Balaban J connectivity index is 1.80. The number of phenolic OH excluding ortho intramolecular Hbond substituents is 1. The van der Waals surface area contributed by atoms with Gasteiger partial charge >= 0.3 is 5.97 Å². The first-order chi connectivity index (χ1) is 14.3. The molecule has 0 unspecified atom stereocenters. The molecule has 0 bridgehead atoms. The maximum Gasteiger partial charge on any atom is 0.330 e. The number of rotatable bonds is 5. The number of carbonyl (C=O) groups is 3. The predicted octanol–water partition coefficient (Wildman–Crippen LogP) is 1.59. The van der Waals surface area contributed by atoms with E-state index >= 15 is 0 Å². The van der Waals surface area contributed by atoms with Crippen LogP contribution in [-0.2, 0) is 16.1 Å². The predicted molar refractivity (Wildman–Crippen MR) is 103 cm³/mol. The number of imide groups is 1. The number of fused-ring (bicyclic) bond motifs is 2. The molecule has 0 aliphatic carbocycles. The maximum absolute atomic E-state index is 12.2. The lowest BCUT2D eigenvalue weighted by molar-refractivity contribution is -0.138. The lowest BCUT2D eigenvalue weighted by Crippen LogP contribution is -2.24. The summed E-state index contributed by atoms with van der Waals surface area (Å²) in [6.45, 7) is 3.25. The van der Waals surface area contributed by atoms with Crippen LogP contribution >= 0.6 is 0 Å². The molecule has 10 heteroatoms. The van der Waals surface area contributed by atoms with Gasteiger partial charge < -0.3 is 14.6 Å². The topological polar surface area (TPSA) is 124 Å². The monoisotopic (exact) mass is 408 g/mol. The Kier molecular flexibility index (Phi) is 4.46. The van der Waals surface area contributed by atoms with Gasteiger partial charge in [0.2, 0.25) is 0 Å². The molecular formula is C20H16N4O6. The molecular weight excluding hydrogens is 392 g/mol. The van der Waals surface area contributed by atoms with Gasteiger partial charge in [0.25, 0.3) is 11.8 Å². The highest BCUT2D eigenvalue weighted by Crippen LogP contribution is 2.34. The molecule has 0 saturated carbocycles. The van der Waals surface area contributed by atoms with Gasteiger partial charge in [-0.05, 0) is 29.8 Å². The molecule has 10 nitrogen and oxygen atoms in total. The Hall–Kier alpha value is -4.21. The molecule has 1 N–H and O–H groups in total. The minimum atomic E-state index is -0.597. The fraction of sp³-hybridized carbons (Fsp3) is 0.150. The van der Waals surface area contributed by atoms with Gasteiger partial charge in [-0.25, -0.2) is 4.79 Å². The van der Waals surface area contributed by atoms with E-state index in [1.807, 2.05) is 0 Å². The first kappa shape index (κ1) is 19.1. The summed E-state index contributed by atoms with van der Waals surface area (Å²) in [5.74, 6) is -1.52. The highest BCUT2D eigenvalue weighted by atomic mass is 16.5. The Labute approximate surface area is 169 Å². The van der Waals surface area contributed by atoms with Gasteiger partial charge in [-0.3, -0.25) is 14.5 Å². The van der Waals surface area contributed by atoms with Crippen molar-refractivity contribution in [1.82, 2.24) is 19.9 Å². The van der Waals surface area contributed by atoms with Crippen LogP contribution in [0.5, 0.6) is 11.5 Å². The van der Waals surface area contributed by atoms with Crippen molar-refractivity contribution in [2.24, 2.45) is 0 Å². The number of hydrogen-bond acceptors (Lipinski definition) is 8. The average Bonchev–Trinajstić information content (AvgIpc) is 3.26. The van der Waals surface area contributed by atoms with E-state index in [9.17, 15) is 19.5 Å². The first-order valence-electron chi connectivity index (χ1n) is 8.77. The molecule has 0 fully saturated rings. The molecule has 3 aromatic rings. The smallest absolute Gasteiger partial charge is 0.330 e. The lowest BCUT2D eigenvalue weighted by Gasteiger charge is -2.11. The van der Waals surface area contributed by atoms with Gasteiger partial charge in [-0.2, -0.15) is 0 Å². The zero-order valence-corrected chi connectivity index (χ0v) is 16.1. The number of phenols is 1. The van der Waals surface area contributed by atoms with E-state index in [4.69, 9.17) is 9.47 Å². The van der Waals surface area contributed by atoms with Crippen molar-refractivity contribution < 1.29 is 29.0 Å². The summed E-state index contributed by atoms with van der Waals surface area (Å²) in [7, 11) is 2.79. The van der Waals surface area contributed by atoms with Crippen LogP contribution in [0, 0.1) is 0 Å². The summed E-state index contributed by atoms with van der Waals surface area (Å²) in [4.78, 5) is 37.9. The number of aromatic hydroxyl groups is 1. The van der Waals surface area contributed by atoms with Crippen LogP contribution in [0.25, 0.3) is 16.7 Å². The van der Waals surface area contributed by atoms with E-state index in [1.54, 1.807) is 0 Å². The zero-order chi connectivity index (χ0) is 21.6. The van der Waals surface area contributed by atoms with Crippen molar-refractivity contribution in [2.45, 2.75) is 6.61 Å². The van der Waals surface area contributed by atoms with Gasteiger partial charge in [-0.1, -0.05) is 6.58 Å². The van der Waals surface area contributed by atoms with Crippen molar-refractivity contribution >= 4 is 28.8 Å². The minimum Gasteiger partial charge on any atom is -0.503 e. The number of benzene rings is 2. The molecule has 152 valence electrons. The van der Waals surface area contributed by atoms with E-state index in [2.05, 4.69) is 16.8 Å². The van der Waals surface area contributed by atoms with E-state index in [0.29, 0.717) is 16.6 Å². The summed E-state index contributed by atoms with van der Waals surface area (Å²) in [5.41, 5.74) is 1.91. The average molecular weight is 408 g/mol. The van der Waals surface area contributed by atoms with E-state index < -0.39 is 17.8 Å². The van der Waals surface area contributed by atoms with Crippen LogP contribution in [0.15, 0.2) is 36.9 Å². The standard InChI is InChI=1S/C20H16N4O6/c1-4-17(25)30-9-10-5-15(18(26)16(6-10)29-3)24-21-13-7-11-12(8-14(13)22-24)20(28)23(2)19(11)27/h4-8,26H,1,9H2,2-3H3. The van der Waals surface area contributed by atoms with E-state index in [1.165, 1.54) is 38.4 Å². The quantitative estimate of drug-likeness (QED) is 0.383. The van der Waals surface area contributed by atoms with Crippen molar-refractivity contribution in [2.75, 3.05) is 14.2 Å². The fourth-order valence-electron chi connectivity index (χ4n) is 3.13. The third-order valence-electron chi connectivity index (χ3n) is 4.69. The molecule has 1 aromatic heterocycles. The van der Waals surface area contributed by atoms with Crippen LogP contribution in [-0.4, -0.2) is 56.9 Å². The second-order valence-electron chi connectivity index (χ2n) is 6.52. The van der Waals surface area contributed by atoms with E-state index in [-0.39, 0.29) is 34.9 Å². The Bertz CT molecular complexity index is 1190. The summed E-state index contributed by atoms with van der Waals surface area (Å²) in [6, 6.07) is 6.02. The van der Waals surface area contributed by atoms with Crippen molar-refractivity contribution in [3.63, 3.8) is 0 Å². The number of nitrogens with zero attached hydrogens (tertiary/aromatic N) is 4. The first-order valence-corrected chi connectivity index (χ1v) is 8.77. The Morgan fingerprint density at radius 2 is 1.73 bits per heavy atom. The molecule has 4 rings (SSSR count). The molecule has 30 heavy (non-hydrogen) atoms. The zero-order valence-electron chi connectivity index (χ0n) is 16.1. The molecule has 0 spiro atoms. The number of carbonyl (C=O) groups excluding carboxylic acids is 3. The number of methoxy groups -OCH3 is 1. The SMILES string of the molecule is C=CC(=O)OCc1cc(OC)c(O)c(-n2nc3cc4c(cc3n2)C(=O)N(C)C4=O)c1. The van der Waals surface area contributed by atoms with Crippen LogP contribution in [0.1, 0.15) is 26.3 Å². The Morgan fingerprint density at radius 3 is 2.27 bits per heavy atom.